The van der Waals surface area contributed by atoms with Crippen molar-refractivity contribution in [2.75, 3.05) is 24.3 Å². The highest BCUT2D eigenvalue weighted by molar-refractivity contribution is 6.30. The van der Waals surface area contributed by atoms with Gasteiger partial charge in [0.1, 0.15) is 5.82 Å². The number of rotatable bonds is 4. The summed E-state index contributed by atoms with van der Waals surface area (Å²) in [7, 11) is 3.82. The zero-order valence-corrected chi connectivity index (χ0v) is 14.0. The summed E-state index contributed by atoms with van der Waals surface area (Å²) < 4.78 is 1.62. The molecule has 0 aliphatic rings. The fourth-order valence-corrected chi connectivity index (χ4v) is 2.23. The number of aromatic nitrogens is 3. The van der Waals surface area contributed by atoms with Gasteiger partial charge in [-0.15, -0.1) is 0 Å². The molecule has 0 aliphatic carbocycles. The van der Waals surface area contributed by atoms with Crippen molar-refractivity contribution in [2.24, 2.45) is 0 Å². The topological polar surface area (TPSA) is 63.1 Å². The molecule has 0 saturated heterocycles. The standard InChI is InChI=1S/C17H16ClN5O/c1-22(2)16-8-5-14(10-19-16)21-17(24)12-9-20-23(11-12)15-6-3-13(18)4-7-15/h3-11H,1-2H3,(H,21,24). The molecule has 122 valence electrons. The lowest BCUT2D eigenvalue weighted by Gasteiger charge is -2.11. The van der Waals surface area contributed by atoms with E-state index in [1.165, 1.54) is 6.20 Å². The zero-order valence-electron chi connectivity index (χ0n) is 13.3. The molecular formula is C17H16ClN5O. The van der Waals surface area contributed by atoms with E-state index in [-0.39, 0.29) is 5.91 Å². The fourth-order valence-electron chi connectivity index (χ4n) is 2.10. The number of nitrogens with one attached hydrogen (secondary N) is 1. The highest BCUT2D eigenvalue weighted by Crippen LogP contribution is 2.15. The number of nitrogens with zero attached hydrogens (tertiary/aromatic N) is 4. The summed E-state index contributed by atoms with van der Waals surface area (Å²) in [4.78, 5) is 18.5. The van der Waals surface area contributed by atoms with Crippen LogP contribution in [0.4, 0.5) is 11.5 Å². The Morgan fingerprint density at radius 2 is 1.88 bits per heavy atom. The summed E-state index contributed by atoms with van der Waals surface area (Å²) in [5, 5.41) is 7.66. The van der Waals surface area contributed by atoms with Gasteiger partial charge in [0.2, 0.25) is 0 Å². The summed E-state index contributed by atoms with van der Waals surface area (Å²) in [6.07, 6.45) is 4.81. The number of carbonyl (C=O) groups excluding carboxylic acids is 1. The van der Waals surface area contributed by atoms with E-state index in [0.717, 1.165) is 11.5 Å². The van der Waals surface area contributed by atoms with Gasteiger partial charge in [0, 0.05) is 25.3 Å². The Kier molecular flexibility index (Phi) is 4.48. The zero-order chi connectivity index (χ0) is 17.1. The Hall–Kier alpha value is -2.86. The molecule has 0 saturated carbocycles. The maximum atomic E-state index is 12.3. The molecule has 2 aromatic heterocycles. The van der Waals surface area contributed by atoms with Crippen molar-refractivity contribution >= 4 is 29.0 Å². The van der Waals surface area contributed by atoms with E-state index in [0.29, 0.717) is 16.3 Å². The molecule has 0 bridgehead atoms. The number of benzene rings is 1. The number of pyridine rings is 1. The van der Waals surface area contributed by atoms with Crippen molar-refractivity contribution in [3.8, 4) is 5.69 Å². The molecule has 0 radical (unpaired) electrons. The van der Waals surface area contributed by atoms with Gasteiger partial charge >= 0.3 is 0 Å². The third-order valence-corrected chi connectivity index (χ3v) is 3.65. The Morgan fingerprint density at radius 1 is 1.12 bits per heavy atom. The van der Waals surface area contributed by atoms with Gasteiger partial charge in [0.15, 0.2) is 0 Å². The van der Waals surface area contributed by atoms with E-state index in [1.54, 1.807) is 29.2 Å². The van der Waals surface area contributed by atoms with E-state index in [2.05, 4.69) is 15.4 Å². The van der Waals surface area contributed by atoms with E-state index >= 15 is 0 Å². The van der Waals surface area contributed by atoms with Gasteiger partial charge in [0.25, 0.3) is 5.91 Å². The minimum absolute atomic E-state index is 0.241. The summed E-state index contributed by atoms with van der Waals surface area (Å²) in [5.74, 6) is 0.582. The molecule has 24 heavy (non-hydrogen) atoms. The summed E-state index contributed by atoms with van der Waals surface area (Å²) in [6, 6.07) is 10.9. The van der Waals surface area contributed by atoms with Crippen LogP contribution in [0.1, 0.15) is 10.4 Å². The average Bonchev–Trinajstić information content (AvgIpc) is 3.06. The van der Waals surface area contributed by atoms with Gasteiger partial charge in [-0.1, -0.05) is 11.6 Å². The monoisotopic (exact) mass is 341 g/mol. The number of halogens is 1. The molecule has 0 unspecified atom stereocenters. The summed E-state index contributed by atoms with van der Waals surface area (Å²) in [6.45, 7) is 0. The lowest BCUT2D eigenvalue weighted by atomic mass is 10.3. The molecule has 0 fully saturated rings. The first-order chi connectivity index (χ1) is 11.5. The maximum absolute atomic E-state index is 12.3. The SMILES string of the molecule is CN(C)c1ccc(NC(=O)c2cnn(-c3ccc(Cl)cc3)c2)cn1. The van der Waals surface area contributed by atoms with Crippen LogP contribution in [0.2, 0.25) is 5.02 Å². The Bertz CT molecular complexity index is 840. The Morgan fingerprint density at radius 3 is 2.50 bits per heavy atom. The molecule has 3 aromatic rings. The number of hydrogen-bond acceptors (Lipinski definition) is 4. The van der Waals surface area contributed by atoms with Crippen molar-refractivity contribution in [2.45, 2.75) is 0 Å². The minimum Gasteiger partial charge on any atom is -0.363 e. The van der Waals surface area contributed by atoms with Gasteiger partial charge in [-0.3, -0.25) is 4.79 Å². The number of carbonyl (C=O) groups is 1. The largest absolute Gasteiger partial charge is 0.363 e. The third kappa shape index (κ3) is 3.55. The first-order valence-electron chi connectivity index (χ1n) is 7.28. The van der Waals surface area contributed by atoms with Gasteiger partial charge in [0.05, 0.1) is 29.3 Å². The lowest BCUT2D eigenvalue weighted by molar-refractivity contribution is 0.102. The molecule has 6 nitrogen and oxygen atoms in total. The van der Waals surface area contributed by atoms with Gasteiger partial charge < -0.3 is 10.2 Å². The molecule has 1 aromatic carbocycles. The van der Waals surface area contributed by atoms with Crippen LogP contribution in [0.15, 0.2) is 55.0 Å². The normalized spacial score (nSPS) is 10.5. The van der Waals surface area contributed by atoms with Crippen LogP contribution in [0.5, 0.6) is 0 Å². The van der Waals surface area contributed by atoms with Crippen LogP contribution in [-0.2, 0) is 0 Å². The quantitative estimate of drug-likeness (QED) is 0.791. The van der Waals surface area contributed by atoms with Crippen LogP contribution in [0.3, 0.4) is 0 Å². The molecular weight excluding hydrogens is 326 g/mol. The van der Waals surface area contributed by atoms with Gasteiger partial charge in [-0.25, -0.2) is 9.67 Å². The van der Waals surface area contributed by atoms with E-state index in [9.17, 15) is 4.79 Å². The molecule has 1 amide bonds. The van der Waals surface area contributed by atoms with Crippen molar-refractivity contribution < 1.29 is 4.79 Å². The molecule has 0 atom stereocenters. The highest BCUT2D eigenvalue weighted by Gasteiger charge is 2.10. The smallest absolute Gasteiger partial charge is 0.258 e. The van der Waals surface area contributed by atoms with E-state index in [4.69, 9.17) is 11.6 Å². The summed E-state index contributed by atoms with van der Waals surface area (Å²) >= 11 is 5.87. The number of hydrogen-bond donors (Lipinski definition) is 1. The second-order valence-electron chi connectivity index (χ2n) is 5.40. The molecule has 0 spiro atoms. The van der Waals surface area contributed by atoms with Crippen molar-refractivity contribution in [3.63, 3.8) is 0 Å². The first-order valence-corrected chi connectivity index (χ1v) is 7.66. The molecule has 0 aliphatic heterocycles. The van der Waals surface area contributed by atoms with Gasteiger partial charge in [-0.05, 0) is 36.4 Å². The second kappa shape index (κ2) is 6.72. The lowest BCUT2D eigenvalue weighted by Crippen LogP contribution is -2.13. The van der Waals surface area contributed by atoms with Crippen LogP contribution < -0.4 is 10.2 Å². The van der Waals surface area contributed by atoms with Gasteiger partial charge in [-0.2, -0.15) is 5.10 Å². The fraction of sp³-hybridized carbons (Fsp3) is 0.118. The van der Waals surface area contributed by atoms with Crippen LogP contribution in [0.25, 0.3) is 5.69 Å². The predicted octanol–water partition coefficient (Wildman–Crippen LogP) is 3.24. The van der Waals surface area contributed by atoms with Crippen LogP contribution >= 0.6 is 11.6 Å². The number of anilines is 2. The van der Waals surface area contributed by atoms with E-state index < -0.39 is 0 Å². The minimum atomic E-state index is -0.241. The summed E-state index contributed by atoms with van der Waals surface area (Å²) in [5.41, 5.74) is 1.92. The van der Waals surface area contributed by atoms with Crippen LogP contribution in [-0.4, -0.2) is 34.8 Å². The second-order valence-corrected chi connectivity index (χ2v) is 5.84. The average molecular weight is 342 g/mol. The van der Waals surface area contributed by atoms with E-state index in [1.807, 2.05) is 43.3 Å². The molecule has 1 N–H and O–H groups in total. The predicted molar refractivity (Wildman–Crippen MR) is 95.1 cm³/mol. The Labute approximate surface area is 144 Å². The molecule has 2 heterocycles. The third-order valence-electron chi connectivity index (χ3n) is 3.40. The first kappa shape index (κ1) is 16.0. The number of amides is 1. The van der Waals surface area contributed by atoms with Crippen molar-refractivity contribution in [1.82, 2.24) is 14.8 Å². The van der Waals surface area contributed by atoms with Crippen LogP contribution in [0, 0.1) is 0 Å². The molecule has 7 heteroatoms. The van der Waals surface area contributed by atoms with Crippen molar-refractivity contribution in [1.29, 1.82) is 0 Å². The Balaban J connectivity index is 1.72. The highest BCUT2D eigenvalue weighted by atomic mass is 35.5. The maximum Gasteiger partial charge on any atom is 0.258 e. The van der Waals surface area contributed by atoms with Crippen molar-refractivity contribution in [3.05, 3.63) is 65.6 Å². The molecule has 3 rings (SSSR count).